The van der Waals surface area contributed by atoms with Crippen LogP contribution in [0.15, 0.2) is 60.7 Å². The fraction of sp³-hybridized carbons (Fsp3) is 0.0588. The average molecular weight is 269 g/mol. The van der Waals surface area contributed by atoms with Crippen LogP contribution < -0.4 is 5.73 Å². The van der Waals surface area contributed by atoms with E-state index in [1.807, 2.05) is 42.5 Å². The number of fused-ring (bicyclic) bond motifs is 1. The normalized spacial score (nSPS) is 12.6. The molecular formula is C17H13F2N. The van der Waals surface area contributed by atoms with Gasteiger partial charge in [0.15, 0.2) is 11.6 Å². The van der Waals surface area contributed by atoms with Crippen LogP contribution in [0.1, 0.15) is 17.2 Å². The Morgan fingerprint density at radius 3 is 2.35 bits per heavy atom. The Hall–Kier alpha value is -2.26. The van der Waals surface area contributed by atoms with Gasteiger partial charge < -0.3 is 5.73 Å². The molecule has 1 nitrogen and oxygen atoms in total. The third-order valence-corrected chi connectivity index (χ3v) is 3.46. The Kier molecular flexibility index (Phi) is 3.20. The summed E-state index contributed by atoms with van der Waals surface area (Å²) in [6.07, 6.45) is 0. The molecule has 0 aromatic heterocycles. The first-order valence-corrected chi connectivity index (χ1v) is 6.35. The van der Waals surface area contributed by atoms with Gasteiger partial charge >= 0.3 is 0 Å². The molecule has 0 aliphatic rings. The monoisotopic (exact) mass is 269 g/mol. The Morgan fingerprint density at radius 1 is 0.800 bits per heavy atom. The summed E-state index contributed by atoms with van der Waals surface area (Å²) in [7, 11) is 0. The highest BCUT2D eigenvalue weighted by molar-refractivity contribution is 5.86. The van der Waals surface area contributed by atoms with Crippen molar-refractivity contribution in [2.75, 3.05) is 0 Å². The number of benzene rings is 3. The van der Waals surface area contributed by atoms with Crippen molar-refractivity contribution in [3.05, 3.63) is 83.4 Å². The second-order valence-corrected chi connectivity index (χ2v) is 4.72. The quantitative estimate of drug-likeness (QED) is 0.742. The van der Waals surface area contributed by atoms with Crippen molar-refractivity contribution in [2.24, 2.45) is 5.73 Å². The van der Waals surface area contributed by atoms with Crippen LogP contribution in [-0.4, -0.2) is 0 Å². The molecule has 3 aromatic carbocycles. The van der Waals surface area contributed by atoms with Crippen molar-refractivity contribution in [1.29, 1.82) is 0 Å². The zero-order valence-electron chi connectivity index (χ0n) is 10.7. The van der Waals surface area contributed by atoms with Gasteiger partial charge in [0.1, 0.15) is 0 Å². The Bertz CT molecular complexity index is 763. The first-order chi connectivity index (χ1) is 9.66. The molecule has 0 aliphatic heterocycles. The van der Waals surface area contributed by atoms with E-state index in [1.165, 1.54) is 6.07 Å². The lowest BCUT2D eigenvalue weighted by Crippen LogP contribution is -2.12. The average Bonchev–Trinajstić information content (AvgIpc) is 2.49. The van der Waals surface area contributed by atoms with E-state index in [0.29, 0.717) is 5.56 Å². The summed E-state index contributed by atoms with van der Waals surface area (Å²) < 4.78 is 26.3. The Balaban J connectivity index is 2.12. The van der Waals surface area contributed by atoms with Gasteiger partial charge in [-0.05, 0) is 34.0 Å². The van der Waals surface area contributed by atoms with E-state index in [9.17, 15) is 8.78 Å². The minimum atomic E-state index is -0.877. The van der Waals surface area contributed by atoms with Crippen molar-refractivity contribution >= 4 is 10.8 Å². The molecule has 0 fully saturated rings. The predicted molar refractivity (Wildman–Crippen MR) is 76.3 cm³/mol. The summed E-state index contributed by atoms with van der Waals surface area (Å²) in [5.74, 6) is -1.74. The zero-order chi connectivity index (χ0) is 14.1. The minimum Gasteiger partial charge on any atom is -0.320 e. The third kappa shape index (κ3) is 2.17. The maximum atomic E-state index is 13.3. The van der Waals surface area contributed by atoms with E-state index < -0.39 is 17.7 Å². The van der Waals surface area contributed by atoms with Gasteiger partial charge in [-0.2, -0.15) is 0 Å². The van der Waals surface area contributed by atoms with Crippen LogP contribution in [0.5, 0.6) is 0 Å². The van der Waals surface area contributed by atoms with Gasteiger partial charge in [0.2, 0.25) is 0 Å². The molecule has 0 saturated heterocycles. The van der Waals surface area contributed by atoms with Gasteiger partial charge in [0, 0.05) is 0 Å². The van der Waals surface area contributed by atoms with E-state index >= 15 is 0 Å². The lowest BCUT2D eigenvalue weighted by molar-refractivity contribution is 0.506. The zero-order valence-corrected chi connectivity index (χ0v) is 10.7. The second-order valence-electron chi connectivity index (χ2n) is 4.72. The Morgan fingerprint density at radius 2 is 1.55 bits per heavy atom. The molecule has 0 amide bonds. The molecule has 0 radical (unpaired) electrons. The van der Waals surface area contributed by atoms with E-state index in [0.717, 1.165) is 28.5 Å². The number of rotatable bonds is 2. The topological polar surface area (TPSA) is 26.0 Å². The van der Waals surface area contributed by atoms with Crippen LogP contribution in [0.3, 0.4) is 0 Å². The molecule has 3 rings (SSSR count). The molecular weight excluding hydrogens is 256 g/mol. The van der Waals surface area contributed by atoms with Crippen molar-refractivity contribution in [3.63, 3.8) is 0 Å². The van der Waals surface area contributed by atoms with Crippen LogP contribution in [-0.2, 0) is 0 Å². The van der Waals surface area contributed by atoms with Crippen LogP contribution in [0.25, 0.3) is 10.8 Å². The highest BCUT2D eigenvalue weighted by atomic mass is 19.2. The lowest BCUT2D eigenvalue weighted by atomic mass is 9.94. The summed E-state index contributed by atoms with van der Waals surface area (Å²) >= 11 is 0. The van der Waals surface area contributed by atoms with Gasteiger partial charge in [-0.15, -0.1) is 0 Å². The smallest absolute Gasteiger partial charge is 0.159 e. The van der Waals surface area contributed by atoms with E-state index in [2.05, 4.69) is 0 Å². The molecule has 0 heterocycles. The summed E-state index contributed by atoms with van der Waals surface area (Å²) in [5.41, 5.74) is 7.67. The fourth-order valence-electron chi connectivity index (χ4n) is 2.41. The maximum absolute atomic E-state index is 13.3. The van der Waals surface area contributed by atoms with Gasteiger partial charge in [-0.1, -0.05) is 48.5 Å². The molecule has 1 atom stereocenters. The van der Waals surface area contributed by atoms with Gasteiger partial charge in [0.05, 0.1) is 6.04 Å². The molecule has 2 N–H and O–H groups in total. The predicted octanol–water partition coefficient (Wildman–Crippen LogP) is 4.17. The minimum absolute atomic E-state index is 0.490. The molecule has 0 saturated carbocycles. The van der Waals surface area contributed by atoms with E-state index in [-0.39, 0.29) is 0 Å². The second kappa shape index (κ2) is 5.02. The number of nitrogens with two attached hydrogens (primary N) is 1. The molecule has 0 spiro atoms. The lowest BCUT2D eigenvalue weighted by Gasteiger charge is -2.15. The van der Waals surface area contributed by atoms with Crippen molar-refractivity contribution in [1.82, 2.24) is 0 Å². The van der Waals surface area contributed by atoms with Crippen LogP contribution in [0, 0.1) is 11.6 Å². The largest absolute Gasteiger partial charge is 0.320 e. The number of halogens is 2. The molecule has 100 valence electrons. The first-order valence-electron chi connectivity index (χ1n) is 6.35. The highest BCUT2D eigenvalue weighted by Crippen LogP contribution is 2.27. The van der Waals surface area contributed by atoms with E-state index in [4.69, 9.17) is 5.73 Å². The summed E-state index contributed by atoms with van der Waals surface area (Å²) in [4.78, 5) is 0. The maximum Gasteiger partial charge on any atom is 0.159 e. The van der Waals surface area contributed by atoms with Gasteiger partial charge in [0.25, 0.3) is 0 Å². The molecule has 1 unspecified atom stereocenters. The van der Waals surface area contributed by atoms with Crippen molar-refractivity contribution < 1.29 is 8.78 Å². The molecule has 20 heavy (non-hydrogen) atoms. The van der Waals surface area contributed by atoms with Gasteiger partial charge in [-0.25, -0.2) is 8.78 Å². The van der Waals surface area contributed by atoms with Crippen LogP contribution in [0.4, 0.5) is 8.78 Å². The molecule has 0 bridgehead atoms. The molecule has 0 aliphatic carbocycles. The summed E-state index contributed by atoms with van der Waals surface area (Å²) in [5, 5.41) is 2.09. The van der Waals surface area contributed by atoms with Crippen molar-refractivity contribution in [3.8, 4) is 0 Å². The highest BCUT2D eigenvalue weighted by Gasteiger charge is 2.14. The first kappa shape index (κ1) is 12.8. The SMILES string of the molecule is NC(c1ccc(F)c(F)c1)c1cccc2ccccc12. The Labute approximate surface area is 115 Å². The number of hydrogen-bond donors (Lipinski definition) is 1. The molecule has 3 heteroatoms. The standard InChI is InChI=1S/C17H13F2N/c18-15-9-8-12(10-16(15)19)17(20)14-7-3-5-11-4-1-2-6-13(11)14/h1-10,17H,20H2. The van der Waals surface area contributed by atoms with Crippen molar-refractivity contribution in [2.45, 2.75) is 6.04 Å². The third-order valence-electron chi connectivity index (χ3n) is 3.46. The molecule has 3 aromatic rings. The van der Waals surface area contributed by atoms with Crippen LogP contribution in [0.2, 0.25) is 0 Å². The number of hydrogen-bond acceptors (Lipinski definition) is 1. The van der Waals surface area contributed by atoms with E-state index in [1.54, 1.807) is 0 Å². The fourth-order valence-corrected chi connectivity index (χ4v) is 2.41. The van der Waals surface area contributed by atoms with Crippen LogP contribution >= 0.6 is 0 Å². The summed E-state index contributed by atoms with van der Waals surface area (Å²) in [6.45, 7) is 0. The van der Waals surface area contributed by atoms with Gasteiger partial charge in [-0.3, -0.25) is 0 Å². The summed E-state index contributed by atoms with van der Waals surface area (Å²) in [6, 6.07) is 17.0.